The van der Waals surface area contributed by atoms with Gasteiger partial charge in [-0.25, -0.2) is 0 Å². The number of aryl methyl sites for hydroxylation is 1. The molecule has 0 unspecified atom stereocenters. The molecule has 182 valence electrons. The van der Waals surface area contributed by atoms with Crippen molar-refractivity contribution >= 4 is 39.8 Å². The van der Waals surface area contributed by atoms with E-state index in [1.165, 1.54) is 10.5 Å². The van der Waals surface area contributed by atoms with Crippen LogP contribution in [0.3, 0.4) is 0 Å². The lowest BCUT2D eigenvalue weighted by molar-refractivity contribution is -0.123. The lowest BCUT2D eigenvalue weighted by Crippen LogP contribution is -2.27. The predicted octanol–water partition coefficient (Wildman–Crippen LogP) is 7.78. The van der Waals surface area contributed by atoms with E-state index in [9.17, 15) is 9.59 Å². The van der Waals surface area contributed by atoms with E-state index in [1.54, 1.807) is 0 Å². The molecular formula is C31H30N2O2S. The van der Waals surface area contributed by atoms with Crippen molar-refractivity contribution in [2.45, 2.75) is 46.6 Å². The number of aromatic nitrogens is 1. The summed E-state index contributed by atoms with van der Waals surface area (Å²) in [6.45, 7) is 11.0. The molecular weight excluding hydrogens is 464 g/mol. The number of nitrogens with zero attached hydrogens (tertiary/aromatic N) is 2. The molecule has 3 aromatic carbocycles. The number of imide groups is 1. The summed E-state index contributed by atoms with van der Waals surface area (Å²) in [4.78, 5) is 27.9. The van der Waals surface area contributed by atoms with Crippen molar-refractivity contribution in [2.75, 3.05) is 0 Å². The van der Waals surface area contributed by atoms with Gasteiger partial charge in [-0.1, -0.05) is 75.4 Å². The second kappa shape index (κ2) is 9.14. The molecule has 0 radical (unpaired) electrons. The SMILES string of the molecule is Cc1cc(/C=C2/SC(=O)N(Cc3cccc4ccccc34)C2=O)c(C)n1-c1ccc(C(C)(C)C)cc1. The van der Waals surface area contributed by atoms with Gasteiger partial charge in [0.05, 0.1) is 11.4 Å². The average Bonchev–Trinajstić information content (AvgIpc) is 3.27. The smallest absolute Gasteiger partial charge is 0.293 e. The highest BCUT2D eigenvalue weighted by Crippen LogP contribution is 2.35. The molecule has 1 aromatic heterocycles. The van der Waals surface area contributed by atoms with Crippen molar-refractivity contribution in [3.63, 3.8) is 0 Å². The Balaban J connectivity index is 1.43. The lowest BCUT2D eigenvalue weighted by atomic mass is 9.87. The molecule has 0 aliphatic carbocycles. The number of carbonyl (C=O) groups is 2. The number of hydrogen-bond acceptors (Lipinski definition) is 3. The minimum absolute atomic E-state index is 0.0966. The van der Waals surface area contributed by atoms with Crippen molar-refractivity contribution < 1.29 is 9.59 Å². The number of benzene rings is 3. The van der Waals surface area contributed by atoms with E-state index in [4.69, 9.17) is 0 Å². The van der Waals surface area contributed by atoms with E-state index in [0.717, 1.165) is 50.7 Å². The molecule has 5 heteroatoms. The fourth-order valence-electron chi connectivity index (χ4n) is 4.82. The van der Waals surface area contributed by atoms with Crippen molar-refractivity contribution in [3.05, 3.63) is 106 Å². The van der Waals surface area contributed by atoms with Crippen molar-refractivity contribution in [3.8, 4) is 5.69 Å². The van der Waals surface area contributed by atoms with E-state index >= 15 is 0 Å². The summed E-state index contributed by atoms with van der Waals surface area (Å²) in [5.74, 6) is -0.239. The largest absolute Gasteiger partial charge is 0.318 e. The average molecular weight is 495 g/mol. The molecule has 0 atom stereocenters. The van der Waals surface area contributed by atoms with Gasteiger partial charge in [-0.05, 0) is 82.8 Å². The van der Waals surface area contributed by atoms with Crippen molar-refractivity contribution in [1.29, 1.82) is 0 Å². The van der Waals surface area contributed by atoms with Gasteiger partial charge in [0, 0.05) is 17.1 Å². The fourth-order valence-corrected chi connectivity index (χ4v) is 5.65. The van der Waals surface area contributed by atoms with Crippen LogP contribution in [0.25, 0.3) is 22.5 Å². The Morgan fingerprint density at radius 1 is 0.889 bits per heavy atom. The van der Waals surface area contributed by atoms with Crippen LogP contribution in [0.5, 0.6) is 0 Å². The monoisotopic (exact) mass is 494 g/mol. The maximum atomic E-state index is 13.3. The van der Waals surface area contributed by atoms with E-state index in [0.29, 0.717) is 4.91 Å². The molecule has 1 aliphatic rings. The van der Waals surface area contributed by atoms with Gasteiger partial charge in [0.1, 0.15) is 0 Å². The minimum Gasteiger partial charge on any atom is -0.318 e. The maximum Gasteiger partial charge on any atom is 0.293 e. The van der Waals surface area contributed by atoms with E-state index in [-0.39, 0.29) is 23.1 Å². The molecule has 2 heterocycles. The number of hydrogen-bond donors (Lipinski definition) is 0. The second-order valence-electron chi connectivity index (χ2n) is 10.4. The minimum atomic E-state index is -0.239. The highest BCUT2D eigenvalue weighted by atomic mass is 32.2. The molecule has 0 bridgehead atoms. The van der Waals surface area contributed by atoms with Crippen LogP contribution in [0.1, 0.15) is 48.8 Å². The first-order valence-corrected chi connectivity index (χ1v) is 13.0. The molecule has 4 aromatic rings. The Hall–Kier alpha value is -3.57. The van der Waals surface area contributed by atoms with E-state index < -0.39 is 0 Å². The molecule has 0 saturated carbocycles. The zero-order valence-electron chi connectivity index (χ0n) is 21.3. The third-order valence-corrected chi connectivity index (χ3v) is 7.74. The highest BCUT2D eigenvalue weighted by Gasteiger charge is 2.35. The van der Waals surface area contributed by atoms with Gasteiger partial charge in [0.25, 0.3) is 11.1 Å². The van der Waals surface area contributed by atoms with Crippen LogP contribution in [0.2, 0.25) is 0 Å². The van der Waals surface area contributed by atoms with Gasteiger partial charge in [0.15, 0.2) is 0 Å². The molecule has 1 aliphatic heterocycles. The fraction of sp³-hybridized carbons (Fsp3) is 0.226. The Morgan fingerprint density at radius 3 is 2.31 bits per heavy atom. The van der Waals surface area contributed by atoms with Crippen LogP contribution in [-0.2, 0) is 16.8 Å². The number of rotatable bonds is 4. The predicted molar refractivity (Wildman–Crippen MR) is 149 cm³/mol. The van der Waals surface area contributed by atoms with Crippen molar-refractivity contribution in [1.82, 2.24) is 9.47 Å². The Morgan fingerprint density at radius 2 is 1.58 bits per heavy atom. The van der Waals surface area contributed by atoms with Crippen LogP contribution < -0.4 is 0 Å². The Bertz CT molecular complexity index is 1520. The van der Waals surface area contributed by atoms with Crippen LogP contribution in [0.4, 0.5) is 4.79 Å². The van der Waals surface area contributed by atoms with Gasteiger partial charge in [-0.15, -0.1) is 0 Å². The summed E-state index contributed by atoms with van der Waals surface area (Å²) in [5.41, 5.74) is 6.50. The molecule has 1 fully saturated rings. The highest BCUT2D eigenvalue weighted by molar-refractivity contribution is 8.18. The molecule has 1 saturated heterocycles. The van der Waals surface area contributed by atoms with Crippen molar-refractivity contribution in [2.24, 2.45) is 0 Å². The number of amides is 2. The van der Waals surface area contributed by atoms with Crippen LogP contribution >= 0.6 is 11.8 Å². The van der Waals surface area contributed by atoms with Crippen LogP contribution in [0.15, 0.2) is 77.7 Å². The molecule has 0 spiro atoms. The molecule has 2 amide bonds. The Kier molecular flexibility index (Phi) is 6.13. The van der Waals surface area contributed by atoms with Gasteiger partial charge >= 0.3 is 0 Å². The zero-order chi connectivity index (χ0) is 25.6. The normalized spacial score (nSPS) is 15.5. The summed E-state index contributed by atoms with van der Waals surface area (Å²) >= 11 is 1.01. The van der Waals surface area contributed by atoms with Gasteiger partial charge in [-0.3, -0.25) is 14.5 Å². The van der Waals surface area contributed by atoms with Gasteiger partial charge in [0.2, 0.25) is 0 Å². The summed E-state index contributed by atoms with van der Waals surface area (Å²) in [7, 11) is 0. The van der Waals surface area contributed by atoms with Crippen LogP contribution in [0, 0.1) is 13.8 Å². The quantitative estimate of drug-likeness (QED) is 0.272. The number of carbonyl (C=O) groups excluding carboxylic acids is 2. The topological polar surface area (TPSA) is 42.3 Å². The van der Waals surface area contributed by atoms with E-state index in [1.807, 2.05) is 48.5 Å². The zero-order valence-corrected chi connectivity index (χ0v) is 22.1. The number of thioether (sulfide) groups is 1. The van der Waals surface area contributed by atoms with E-state index in [2.05, 4.69) is 69.5 Å². The summed E-state index contributed by atoms with van der Waals surface area (Å²) in [5, 5.41) is 1.93. The molecule has 5 rings (SSSR count). The standard InChI is InChI=1S/C31H30N2O2S/c1-20-17-24(21(2)33(20)26-15-13-25(14-16-26)31(3,4)5)18-28-29(34)32(30(35)36-28)19-23-11-8-10-22-9-6-7-12-27(22)23/h6-18H,19H2,1-5H3/b28-18+. The number of fused-ring (bicyclic) bond motifs is 1. The first-order valence-electron chi connectivity index (χ1n) is 12.2. The first kappa shape index (κ1) is 24.1. The third-order valence-electron chi connectivity index (χ3n) is 6.83. The second-order valence-corrected chi connectivity index (χ2v) is 11.4. The van der Waals surface area contributed by atoms with Gasteiger partial charge in [-0.2, -0.15) is 0 Å². The maximum absolute atomic E-state index is 13.3. The molecule has 0 N–H and O–H groups in total. The Labute approximate surface area is 216 Å². The summed E-state index contributed by atoms with van der Waals surface area (Å²) in [6, 6.07) is 24.7. The first-order chi connectivity index (χ1) is 17.1. The third kappa shape index (κ3) is 4.40. The lowest BCUT2D eigenvalue weighted by Gasteiger charge is -2.20. The summed E-state index contributed by atoms with van der Waals surface area (Å²) < 4.78 is 2.19. The van der Waals surface area contributed by atoms with Gasteiger partial charge < -0.3 is 4.57 Å². The van der Waals surface area contributed by atoms with Crippen LogP contribution in [-0.4, -0.2) is 20.6 Å². The summed E-state index contributed by atoms with van der Waals surface area (Å²) in [6.07, 6.45) is 1.86. The molecule has 36 heavy (non-hydrogen) atoms. The molecule has 4 nitrogen and oxygen atoms in total.